The van der Waals surface area contributed by atoms with E-state index in [0.29, 0.717) is 13.2 Å². The van der Waals surface area contributed by atoms with Crippen LogP contribution in [0.4, 0.5) is 0 Å². The van der Waals surface area contributed by atoms with Gasteiger partial charge in [-0.1, -0.05) is 54.6 Å². The highest BCUT2D eigenvalue weighted by Gasteiger charge is 2.09. The van der Waals surface area contributed by atoms with Gasteiger partial charge >= 0.3 is 0 Å². The van der Waals surface area contributed by atoms with Crippen LogP contribution in [-0.4, -0.2) is 31.0 Å². The van der Waals surface area contributed by atoms with E-state index in [1.54, 1.807) is 0 Å². The number of benzene rings is 3. The summed E-state index contributed by atoms with van der Waals surface area (Å²) in [6, 6.07) is 25.2. The molecular weight excluding hydrogens is 416 g/mol. The van der Waals surface area contributed by atoms with Crippen LogP contribution in [0.15, 0.2) is 78.2 Å². The normalized spacial score (nSPS) is 11.1. The number of thiophene rings is 1. The van der Waals surface area contributed by atoms with Crippen LogP contribution in [0.2, 0.25) is 0 Å². The van der Waals surface area contributed by atoms with Crippen molar-refractivity contribution in [2.24, 2.45) is 0 Å². The fraction of sp³-hybridized carbons (Fsp3) is 0.222. The number of hydrogen-bond donors (Lipinski definition) is 1. The van der Waals surface area contributed by atoms with E-state index < -0.39 is 0 Å². The van der Waals surface area contributed by atoms with Gasteiger partial charge in [-0.05, 0) is 65.0 Å². The summed E-state index contributed by atoms with van der Waals surface area (Å²) < 4.78 is 5.78. The molecule has 0 saturated carbocycles. The van der Waals surface area contributed by atoms with Crippen molar-refractivity contribution in [1.29, 1.82) is 0 Å². The molecule has 4 nitrogen and oxygen atoms in total. The van der Waals surface area contributed by atoms with E-state index in [0.717, 1.165) is 29.3 Å². The van der Waals surface area contributed by atoms with Gasteiger partial charge in [0.25, 0.3) is 5.91 Å². The molecule has 3 aromatic carbocycles. The molecule has 0 radical (unpaired) electrons. The van der Waals surface area contributed by atoms with E-state index in [1.165, 1.54) is 33.2 Å². The van der Waals surface area contributed by atoms with Gasteiger partial charge in [-0.2, -0.15) is 0 Å². The average molecular weight is 445 g/mol. The second-order valence-corrected chi connectivity index (χ2v) is 8.91. The number of nitrogens with zero attached hydrogens (tertiary/aromatic N) is 1. The SMILES string of the molecule is Cc1ccsc1C(=O)NCCOc1ccc(CN(C)Cc2cccc3ccccc23)cc1. The van der Waals surface area contributed by atoms with Crippen molar-refractivity contribution < 1.29 is 9.53 Å². The van der Waals surface area contributed by atoms with Crippen LogP contribution in [0.1, 0.15) is 26.4 Å². The summed E-state index contributed by atoms with van der Waals surface area (Å²) in [5, 5.41) is 7.43. The Bertz CT molecular complexity index is 1180. The molecule has 0 atom stereocenters. The summed E-state index contributed by atoms with van der Waals surface area (Å²) in [7, 11) is 2.14. The number of ether oxygens (including phenoxy) is 1. The topological polar surface area (TPSA) is 41.6 Å². The van der Waals surface area contributed by atoms with Gasteiger partial charge in [-0.25, -0.2) is 0 Å². The number of rotatable bonds is 9. The standard InChI is InChI=1S/C27H28N2O2S/c1-20-14-17-32-26(20)27(30)28-15-16-31-24-12-10-21(11-13-24)18-29(2)19-23-8-5-7-22-6-3-4-9-25(22)23/h3-14,17H,15-16,18-19H2,1-2H3,(H,28,30). The van der Waals surface area contributed by atoms with Gasteiger partial charge in [0.1, 0.15) is 12.4 Å². The maximum Gasteiger partial charge on any atom is 0.261 e. The second kappa shape index (κ2) is 10.4. The fourth-order valence-corrected chi connectivity index (χ4v) is 4.64. The van der Waals surface area contributed by atoms with Gasteiger partial charge in [0.2, 0.25) is 0 Å². The van der Waals surface area contributed by atoms with Crippen LogP contribution in [0.25, 0.3) is 10.8 Å². The minimum Gasteiger partial charge on any atom is -0.492 e. The third-order valence-corrected chi connectivity index (χ3v) is 6.44. The zero-order chi connectivity index (χ0) is 22.3. The van der Waals surface area contributed by atoms with Gasteiger partial charge in [0, 0.05) is 13.1 Å². The molecule has 0 bridgehead atoms. The maximum absolute atomic E-state index is 12.1. The minimum atomic E-state index is -0.0364. The minimum absolute atomic E-state index is 0.0364. The molecule has 0 fully saturated rings. The van der Waals surface area contributed by atoms with E-state index in [9.17, 15) is 4.79 Å². The van der Waals surface area contributed by atoms with Gasteiger partial charge in [-0.15, -0.1) is 11.3 Å². The van der Waals surface area contributed by atoms with Crippen molar-refractivity contribution in [3.05, 3.63) is 99.7 Å². The summed E-state index contributed by atoms with van der Waals surface area (Å²) >= 11 is 1.46. The molecule has 0 aliphatic rings. The largest absolute Gasteiger partial charge is 0.492 e. The van der Waals surface area contributed by atoms with Gasteiger partial charge in [-0.3, -0.25) is 9.69 Å². The number of carbonyl (C=O) groups excluding carboxylic acids is 1. The zero-order valence-electron chi connectivity index (χ0n) is 18.5. The molecule has 4 aromatic rings. The molecule has 32 heavy (non-hydrogen) atoms. The molecule has 0 aliphatic carbocycles. The third-order valence-electron chi connectivity index (χ3n) is 5.42. The van der Waals surface area contributed by atoms with Gasteiger partial charge < -0.3 is 10.1 Å². The second-order valence-electron chi connectivity index (χ2n) is 7.99. The van der Waals surface area contributed by atoms with Crippen molar-refractivity contribution in [2.75, 3.05) is 20.2 Å². The zero-order valence-corrected chi connectivity index (χ0v) is 19.3. The molecule has 1 amide bonds. The van der Waals surface area contributed by atoms with Crippen LogP contribution in [-0.2, 0) is 13.1 Å². The van der Waals surface area contributed by atoms with Crippen molar-refractivity contribution in [3.8, 4) is 5.75 Å². The highest BCUT2D eigenvalue weighted by atomic mass is 32.1. The number of amides is 1. The lowest BCUT2D eigenvalue weighted by atomic mass is 10.0. The van der Waals surface area contributed by atoms with Gasteiger partial charge in [0.05, 0.1) is 11.4 Å². The Morgan fingerprint density at radius 2 is 1.75 bits per heavy atom. The van der Waals surface area contributed by atoms with Crippen LogP contribution in [0.5, 0.6) is 5.75 Å². The van der Waals surface area contributed by atoms with E-state index in [2.05, 4.69) is 71.9 Å². The number of nitrogens with one attached hydrogen (secondary N) is 1. The van der Waals surface area contributed by atoms with Crippen molar-refractivity contribution in [3.63, 3.8) is 0 Å². The lowest BCUT2D eigenvalue weighted by Gasteiger charge is -2.18. The maximum atomic E-state index is 12.1. The first kappa shape index (κ1) is 22.1. The molecule has 1 aromatic heterocycles. The smallest absolute Gasteiger partial charge is 0.261 e. The average Bonchev–Trinajstić information content (AvgIpc) is 3.24. The first-order chi connectivity index (χ1) is 15.6. The van der Waals surface area contributed by atoms with Crippen LogP contribution >= 0.6 is 11.3 Å². The summed E-state index contributed by atoms with van der Waals surface area (Å²) in [5.41, 5.74) is 3.58. The first-order valence-electron chi connectivity index (χ1n) is 10.8. The molecule has 0 spiro atoms. The Hall–Kier alpha value is -3.15. The monoisotopic (exact) mass is 444 g/mol. The molecule has 1 heterocycles. The number of aryl methyl sites for hydroxylation is 1. The first-order valence-corrected chi connectivity index (χ1v) is 11.7. The van der Waals surface area contributed by atoms with E-state index >= 15 is 0 Å². The molecule has 0 aliphatic heterocycles. The quantitative estimate of drug-likeness (QED) is 0.339. The summed E-state index contributed by atoms with van der Waals surface area (Å²) in [6.07, 6.45) is 0. The van der Waals surface area contributed by atoms with Crippen LogP contribution in [0, 0.1) is 6.92 Å². The summed E-state index contributed by atoms with van der Waals surface area (Å²) in [4.78, 5) is 15.2. The Labute approximate surface area is 193 Å². The lowest BCUT2D eigenvalue weighted by molar-refractivity contribution is 0.0950. The highest BCUT2D eigenvalue weighted by Crippen LogP contribution is 2.21. The summed E-state index contributed by atoms with van der Waals surface area (Å²) in [5.74, 6) is 0.776. The Morgan fingerprint density at radius 3 is 2.53 bits per heavy atom. The molecule has 4 rings (SSSR count). The van der Waals surface area contributed by atoms with Crippen molar-refractivity contribution in [1.82, 2.24) is 10.2 Å². The highest BCUT2D eigenvalue weighted by molar-refractivity contribution is 7.12. The Morgan fingerprint density at radius 1 is 0.969 bits per heavy atom. The van der Waals surface area contributed by atoms with Crippen molar-refractivity contribution in [2.45, 2.75) is 20.0 Å². The molecule has 5 heteroatoms. The third kappa shape index (κ3) is 5.55. The lowest BCUT2D eigenvalue weighted by Crippen LogP contribution is -2.27. The molecule has 164 valence electrons. The fourth-order valence-electron chi connectivity index (χ4n) is 3.80. The number of hydrogen-bond acceptors (Lipinski definition) is 4. The Kier molecular flexibility index (Phi) is 7.20. The van der Waals surface area contributed by atoms with Crippen molar-refractivity contribution >= 4 is 28.0 Å². The summed E-state index contributed by atoms with van der Waals surface area (Å²) in [6.45, 7) is 4.62. The van der Waals surface area contributed by atoms with Gasteiger partial charge in [0.15, 0.2) is 0 Å². The molecular formula is C27H28N2O2S. The van der Waals surface area contributed by atoms with E-state index in [4.69, 9.17) is 4.74 Å². The van der Waals surface area contributed by atoms with Crippen LogP contribution in [0.3, 0.4) is 0 Å². The Balaban J connectivity index is 1.24. The van der Waals surface area contributed by atoms with E-state index in [-0.39, 0.29) is 5.91 Å². The van der Waals surface area contributed by atoms with E-state index in [1.807, 2.05) is 30.5 Å². The van der Waals surface area contributed by atoms with Crippen LogP contribution < -0.4 is 10.1 Å². The number of carbonyl (C=O) groups is 1. The molecule has 0 unspecified atom stereocenters. The predicted octanol–water partition coefficient (Wildman–Crippen LogP) is 5.65. The molecule has 1 N–H and O–H groups in total. The number of fused-ring (bicyclic) bond motifs is 1. The predicted molar refractivity (Wildman–Crippen MR) is 132 cm³/mol. The molecule has 0 saturated heterocycles.